The van der Waals surface area contributed by atoms with Crippen LogP contribution in [0.5, 0.6) is 0 Å². The highest BCUT2D eigenvalue weighted by atomic mass is 16.4. The van der Waals surface area contributed by atoms with Crippen molar-refractivity contribution in [3.05, 3.63) is 48.5 Å². The van der Waals surface area contributed by atoms with Gasteiger partial charge in [0, 0.05) is 6.42 Å². The van der Waals surface area contributed by atoms with E-state index in [1.54, 1.807) is 0 Å². The van der Waals surface area contributed by atoms with Crippen molar-refractivity contribution < 1.29 is 9.90 Å². The molecule has 0 heterocycles. The van der Waals surface area contributed by atoms with Crippen molar-refractivity contribution >= 4 is 16.7 Å². The summed E-state index contributed by atoms with van der Waals surface area (Å²) < 4.78 is 0. The van der Waals surface area contributed by atoms with Gasteiger partial charge >= 0.3 is 5.97 Å². The third-order valence-corrected chi connectivity index (χ3v) is 3.65. The topological polar surface area (TPSA) is 37.3 Å². The van der Waals surface area contributed by atoms with Crippen LogP contribution in [0.4, 0.5) is 0 Å². The van der Waals surface area contributed by atoms with E-state index >= 15 is 0 Å². The first-order chi connectivity index (χ1) is 10.7. The standard InChI is InChI=1S/C10H20O2.C10H8/c1-2-3-4-5-6-7-8-9-10(11)12;1-2-6-10-8-4-3-7-9(10)5-1/h2-9H2,1H3,(H,11,12);1-8H. The molecule has 2 aromatic carbocycles. The van der Waals surface area contributed by atoms with Crippen molar-refractivity contribution in [3.8, 4) is 0 Å². The molecular weight excluding hydrogens is 272 g/mol. The zero-order chi connectivity index (χ0) is 16.0. The monoisotopic (exact) mass is 300 g/mol. The molecule has 0 bridgehead atoms. The Morgan fingerprint density at radius 2 is 1.18 bits per heavy atom. The largest absolute Gasteiger partial charge is 0.481 e. The highest BCUT2D eigenvalue weighted by Crippen LogP contribution is 2.11. The van der Waals surface area contributed by atoms with Gasteiger partial charge in [-0.25, -0.2) is 0 Å². The lowest BCUT2D eigenvalue weighted by Crippen LogP contribution is -1.93. The van der Waals surface area contributed by atoms with E-state index in [2.05, 4.69) is 55.5 Å². The number of benzene rings is 2. The van der Waals surface area contributed by atoms with Gasteiger partial charge in [0.05, 0.1) is 0 Å². The first-order valence-corrected chi connectivity index (χ1v) is 8.39. The number of rotatable bonds is 8. The fraction of sp³-hybridized carbons (Fsp3) is 0.450. The highest BCUT2D eigenvalue weighted by Gasteiger charge is 1.95. The Balaban J connectivity index is 0.000000222. The summed E-state index contributed by atoms with van der Waals surface area (Å²) in [5.74, 6) is -0.663. The maximum Gasteiger partial charge on any atom is 0.303 e. The molecule has 0 atom stereocenters. The summed E-state index contributed by atoms with van der Waals surface area (Å²) in [7, 11) is 0. The molecule has 0 spiro atoms. The smallest absolute Gasteiger partial charge is 0.303 e. The second-order valence-corrected chi connectivity index (χ2v) is 5.61. The summed E-state index contributed by atoms with van der Waals surface area (Å²) in [6, 6.07) is 16.7. The van der Waals surface area contributed by atoms with Crippen LogP contribution in [0.15, 0.2) is 48.5 Å². The minimum Gasteiger partial charge on any atom is -0.481 e. The molecule has 0 fully saturated rings. The molecule has 2 aromatic rings. The zero-order valence-electron chi connectivity index (χ0n) is 13.6. The second kappa shape index (κ2) is 11.8. The van der Waals surface area contributed by atoms with Crippen molar-refractivity contribution in [2.24, 2.45) is 0 Å². The number of hydrogen-bond acceptors (Lipinski definition) is 1. The number of unbranched alkanes of at least 4 members (excludes halogenated alkanes) is 6. The van der Waals surface area contributed by atoms with Crippen LogP contribution in [0, 0.1) is 0 Å². The molecule has 0 saturated carbocycles. The van der Waals surface area contributed by atoms with Crippen LogP contribution in [0.2, 0.25) is 0 Å². The third kappa shape index (κ3) is 8.46. The molecule has 0 aliphatic rings. The second-order valence-electron chi connectivity index (χ2n) is 5.61. The first kappa shape index (κ1) is 18.2. The Hall–Kier alpha value is -1.83. The fourth-order valence-electron chi connectivity index (χ4n) is 2.37. The van der Waals surface area contributed by atoms with Gasteiger partial charge in [-0.15, -0.1) is 0 Å². The number of carboxylic acid groups (broad SMARTS) is 1. The van der Waals surface area contributed by atoms with E-state index in [1.165, 1.54) is 42.9 Å². The molecule has 0 aliphatic heterocycles. The lowest BCUT2D eigenvalue weighted by atomic mass is 10.1. The number of carbonyl (C=O) groups is 1. The number of fused-ring (bicyclic) bond motifs is 1. The summed E-state index contributed by atoms with van der Waals surface area (Å²) >= 11 is 0. The van der Waals surface area contributed by atoms with Crippen molar-refractivity contribution in [2.75, 3.05) is 0 Å². The lowest BCUT2D eigenvalue weighted by Gasteiger charge is -1.98. The normalized spacial score (nSPS) is 10.0. The third-order valence-electron chi connectivity index (χ3n) is 3.65. The quantitative estimate of drug-likeness (QED) is 0.602. The van der Waals surface area contributed by atoms with Gasteiger partial charge in [-0.1, -0.05) is 94.0 Å². The van der Waals surface area contributed by atoms with Crippen LogP contribution in [0.1, 0.15) is 58.3 Å². The number of carboxylic acids is 1. The first-order valence-electron chi connectivity index (χ1n) is 8.39. The molecular formula is C20H28O2. The van der Waals surface area contributed by atoms with E-state index in [0.717, 1.165) is 12.8 Å². The molecule has 22 heavy (non-hydrogen) atoms. The highest BCUT2D eigenvalue weighted by molar-refractivity contribution is 5.82. The molecule has 1 N–H and O–H groups in total. The van der Waals surface area contributed by atoms with Gasteiger partial charge in [0.25, 0.3) is 0 Å². The Bertz CT molecular complexity index is 468. The van der Waals surface area contributed by atoms with Gasteiger partial charge < -0.3 is 5.11 Å². The van der Waals surface area contributed by atoms with Gasteiger partial charge in [0.2, 0.25) is 0 Å². The average Bonchev–Trinajstić information content (AvgIpc) is 2.54. The summed E-state index contributed by atoms with van der Waals surface area (Å²) in [4.78, 5) is 10.1. The van der Waals surface area contributed by atoms with Crippen molar-refractivity contribution in [1.29, 1.82) is 0 Å². The Morgan fingerprint density at radius 1 is 0.773 bits per heavy atom. The Morgan fingerprint density at radius 3 is 1.59 bits per heavy atom. The van der Waals surface area contributed by atoms with E-state index in [-0.39, 0.29) is 0 Å². The molecule has 2 rings (SSSR count). The minimum atomic E-state index is -0.663. The molecule has 0 saturated heterocycles. The van der Waals surface area contributed by atoms with E-state index in [4.69, 9.17) is 5.11 Å². The summed E-state index contributed by atoms with van der Waals surface area (Å²) in [6.45, 7) is 2.20. The van der Waals surface area contributed by atoms with Crippen molar-refractivity contribution in [3.63, 3.8) is 0 Å². The van der Waals surface area contributed by atoms with Crippen molar-refractivity contribution in [2.45, 2.75) is 58.3 Å². The number of hydrogen-bond donors (Lipinski definition) is 1. The average molecular weight is 300 g/mol. The Kier molecular flexibility index (Phi) is 9.76. The van der Waals surface area contributed by atoms with Crippen LogP contribution in [0.3, 0.4) is 0 Å². The van der Waals surface area contributed by atoms with Gasteiger partial charge in [-0.05, 0) is 17.2 Å². The molecule has 0 aliphatic carbocycles. The molecule has 120 valence electrons. The van der Waals surface area contributed by atoms with Gasteiger partial charge in [0.1, 0.15) is 0 Å². The van der Waals surface area contributed by atoms with E-state index in [9.17, 15) is 4.79 Å². The van der Waals surface area contributed by atoms with Crippen LogP contribution in [-0.4, -0.2) is 11.1 Å². The van der Waals surface area contributed by atoms with Gasteiger partial charge in [-0.2, -0.15) is 0 Å². The molecule has 2 nitrogen and oxygen atoms in total. The van der Waals surface area contributed by atoms with Gasteiger partial charge in [0.15, 0.2) is 0 Å². The summed E-state index contributed by atoms with van der Waals surface area (Å²) in [6.07, 6.45) is 8.64. The lowest BCUT2D eigenvalue weighted by molar-refractivity contribution is -0.137. The summed E-state index contributed by atoms with van der Waals surface area (Å²) in [5, 5.41) is 11.0. The summed E-state index contributed by atoms with van der Waals surface area (Å²) in [5.41, 5.74) is 0. The Labute approximate surface area is 134 Å². The maximum absolute atomic E-state index is 10.1. The van der Waals surface area contributed by atoms with Crippen LogP contribution in [0.25, 0.3) is 10.8 Å². The molecule has 0 radical (unpaired) electrons. The van der Waals surface area contributed by atoms with Crippen molar-refractivity contribution in [1.82, 2.24) is 0 Å². The molecule has 0 aromatic heterocycles. The van der Waals surface area contributed by atoms with Crippen LogP contribution >= 0.6 is 0 Å². The zero-order valence-corrected chi connectivity index (χ0v) is 13.6. The van der Waals surface area contributed by atoms with E-state index in [1.807, 2.05) is 0 Å². The predicted octanol–water partition coefficient (Wildman–Crippen LogP) is 6.05. The molecule has 2 heteroatoms. The van der Waals surface area contributed by atoms with Gasteiger partial charge in [-0.3, -0.25) is 4.79 Å². The van der Waals surface area contributed by atoms with Crippen LogP contribution < -0.4 is 0 Å². The predicted molar refractivity (Wildman–Crippen MR) is 94.2 cm³/mol. The SMILES string of the molecule is CCCCCCCCCC(=O)O.c1ccc2ccccc2c1. The fourth-order valence-corrected chi connectivity index (χ4v) is 2.37. The molecule has 0 unspecified atom stereocenters. The van der Waals surface area contributed by atoms with Crippen LogP contribution in [-0.2, 0) is 4.79 Å². The van der Waals surface area contributed by atoms with E-state index in [0.29, 0.717) is 6.42 Å². The maximum atomic E-state index is 10.1. The minimum absolute atomic E-state index is 0.341. The van der Waals surface area contributed by atoms with E-state index < -0.39 is 5.97 Å². The molecule has 0 amide bonds. The number of aliphatic carboxylic acids is 1.